The monoisotopic (exact) mass is 726 g/mol. The zero-order valence-corrected chi connectivity index (χ0v) is 30.5. The minimum atomic E-state index is -1.52. The number of hydrogen-bond acceptors (Lipinski definition) is 9. The van der Waals surface area contributed by atoms with Crippen molar-refractivity contribution in [1.29, 1.82) is 0 Å². The number of benzene rings is 4. The van der Waals surface area contributed by atoms with Gasteiger partial charge in [0.25, 0.3) is 0 Å². The SMILES string of the molecule is CC(C)(C)OC(=O)N[C@@H](COCc1ccccc1)C(=O)N[C@@H]1[C@@H](OCc2ccccc2)[C@H](OCc2ccccc2)[C@@H](COCc2ccccc2)O[C@H]1O. The van der Waals surface area contributed by atoms with Gasteiger partial charge in [-0.15, -0.1) is 0 Å². The molecule has 4 aromatic rings. The van der Waals surface area contributed by atoms with Crippen molar-refractivity contribution in [2.24, 2.45) is 0 Å². The van der Waals surface area contributed by atoms with Gasteiger partial charge in [0, 0.05) is 0 Å². The Kier molecular flexibility index (Phi) is 14.9. The number of carbonyl (C=O) groups excluding carboxylic acids is 2. The van der Waals surface area contributed by atoms with Crippen LogP contribution in [0.15, 0.2) is 121 Å². The third kappa shape index (κ3) is 13.1. The van der Waals surface area contributed by atoms with E-state index < -0.39 is 54.3 Å². The number of hydrogen-bond donors (Lipinski definition) is 3. The summed E-state index contributed by atoms with van der Waals surface area (Å²) in [5, 5.41) is 17.1. The number of aliphatic hydroxyl groups is 1. The Bertz CT molecular complexity index is 1660. The largest absolute Gasteiger partial charge is 0.444 e. The van der Waals surface area contributed by atoms with Gasteiger partial charge in [0.1, 0.15) is 36.0 Å². The van der Waals surface area contributed by atoms with Crippen LogP contribution in [-0.2, 0) is 59.6 Å². The Labute approximate surface area is 311 Å². The quantitative estimate of drug-likeness (QED) is 0.126. The van der Waals surface area contributed by atoms with Gasteiger partial charge >= 0.3 is 6.09 Å². The molecule has 1 fully saturated rings. The maximum absolute atomic E-state index is 14.1. The zero-order chi connectivity index (χ0) is 37.5. The van der Waals surface area contributed by atoms with Crippen LogP contribution in [0.4, 0.5) is 4.79 Å². The minimum absolute atomic E-state index is 0.0768. The van der Waals surface area contributed by atoms with E-state index in [1.54, 1.807) is 20.8 Å². The van der Waals surface area contributed by atoms with Crippen molar-refractivity contribution in [3.05, 3.63) is 144 Å². The molecule has 0 aromatic heterocycles. The van der Waals surface area contributed by atoms with E-state index >= 15 is 0 Å². The predicted octanol–water partition coefficient (Wildman–Crippen LogP) is 5.69. The molecular weight excluding hydrogens is 676 g/mol. The Balaban J connectivity index is 1.38. The molecule has 1 aliphatic rings. The summed E-state index contributed by atoms with van der Waals surface area (Å²) in [7, 11) is 0. The fraction of sp³-hybridized carbons (Fsp3) is 0.381. The lowest BCUT2D eigenvalue weighted by Gasteiger charge is -2.45. The number of alkyl carbamates (subject to hydrolysis) is 1. The van der Waals surface area contributed by atoms with E-state index in [1.165, 1.54) is 0 Å². The highest BCUT2D eigenvalue weighted by molar-refractivity contribution is 5.86. The van der Waals surface area contributed by atoms with Gasteiger partial charge in [0.2, 0.25) is 5.91 Å². The first-order valence-corrected chi connectivity index (χ1v) is 17.8. The first kappa shape index (κ1) is 39.6. The number of nitrogens with one attached hydrogen (secondary N) is 2. The van der Waals surface area contributed by atoms with Gasteiger partial charge in [-0.05, 0) is 43.0 Å². The molecule has 1 heterocycles. The zero-order valence-electron chi connectivity index (χ0n) is 30.5. The maximum atomic E-state index is 14.1. The van der Waals surface area contributed by atoms with E-state index in [2.05, 4.69) is 10.6 Å². The summed E-state index contributed by atoms with van der Waals surface area (Å²) in [4.78, 5) is 27.0. The Morgan fingerprint density at radius 3 is 1.62 bits per heavy atom. The highest BCUT2D eigenvalue weighted by atomic mass is 16.7. The topological polar surface area (TPSA) is 134 Å². The van der Waals surface area contributed by atoms with Crippen LogP contribution in [-0.4, -0.2) is 72.6 Å². The van der Waals surface area contributed by atoms with Gasteiger partial charge in [0.15, 0.2) is 6.29 Å². The first-order valence-electron chi connectivity index (χ1n) is 17.8. The third-order valence-corrected chi connectivity index (χ3v) is 8.34. The molecule has 282 valence electrons. The van der Waals surface area contributed by atoms with Crippen molar-refractivity contribution < 1.29 is 43.1 Å². The second kappa shape index (κ2) is 20.0. The number of aliphatic hydroxyl groups excluding tert-OH is 1. The molecule has 0 radical (unpaired) electrons. The average molecular weight is 727 g/mol. The van der Waals surface area contributed by atoms with Crippen LogP contribution in [0, 0.1) is 0 Å². The van der Waals surface area contributed by atoms with Crippen LogP contribution >= 0.6 is 0 Å². The smallest absolute Gasteiger partial charge is 0.408 e. The van der Waals surface area contributed by atoms with Gasteiger partial charge in [0.05, 0.1) is 39.6 Å². The van der Waals surface area contributed by atoms with Crippen molar-refractivity contribution >= 4 is 12.0 Å². The van der Waals surface area contributed by atoms with Crippen LogP contribution in [0.5, 0.6) is 0 Å². The van der Waals surface area contributed by atoms with E-state index in [4.69, 9.17) is 28.4 Å². The lowest BCUT2D eigenvalue weighted by atomic mass is 9.95. The van der Waals surface area contributed by atoms with Gasteiger partial charge in [-0.2, -0.15) is 0 Å². The average Bonchev–Trinajstić information content (AvgIpc) is 3.15. The van der Waals surface area contributed by atoms with Crippen LogP contribution in [0.25, 0.3) is 0 Å². The molecule has 11 heteroatoms. The van der Waals surface area contributed by atoms with Crippen LogP contribution in [0.2, 0.25) is 0 Å². The molecule has 6 atom stereocenters. The van der Waals surface area contributed by atoms with Crippen LogP contribution < -0.4 is 10.6 Å². The number of rotatable bonds is 17. The first-order chi connectivity index (χ1) is 25.6. The summed E-state index contributed by atoms with van der Waals surface area (Å²) in [6, 6.07) is 36.1. The van der Waals surface area contributed by atoms with Gasteiger partial charge in [-0.1, -0.05) is 121 Å². The Morgan fingerprint density at radius 1 is 0.679 bits per heavy atom. The van der Waals surface area contributed by atoms with E-state index in [0.29, 0.717) is 6.61 Å². The van der Waals surface area contributed by atoms with Crippen molar-refractivity contribution in [3.8, 4) is 0 Å². The van der Waals surface area contributed by atoms with E-state index in [9.17, 15) is 14.7 Å². The summed E-state index contributed by atoms with van der Waals surface area (Å²) < 4.78 is 36.7. The van der Waals surface area contributed by atoms with Crippen molar-refractivity contribution in [3.63, 3.8) is 0 Å². The molecule has 5 rings (SSSR count). The fourth-order valence-corrected chi connectivity index (χ4v) is 5.77. The Hall–Kier alpha value is -4.62. The van der Waals surface area contributed by atoms with Crippen LogP contribution in [0.1, 0.15) is 43.0 Å². The second-order valence-electron chi connectivity index (χ2n) is 13.8. The lowest BCUT2D eigenvalue weighted by Crippen LogP contribution is -2.67. The molecule has 53 heavy (non-hydrogen) atoms. The molecule has 2 amide bonds. The molecule has 0 saturated carbocycles. The summed E-state index contributed by atoms with van der Waals surface area (Å²) >= 11 is 0. The molecule has 4 aromatic carbocycles. The molecule has 1 saturated heterocycles. The van der Waals surface area contributed by atoms with Gasteiger partial charge in [-0.25, -0.2) is 4.79 Å². The fourth-order valence-electron chi connectivity index (χ4n) is 5.77. The van der Waals surface area contributed by atoms with Crippen molar-refractivity contribution in [1.82, 2.24) is 10.6 Å². The number of ether oxygens (including phenoxy) is 6. The third-order valence-electron chi connectivity index (χ3n) is 8.34. The summed E-state index contributed by atoms with van der Waals surface area (Å²) in [6.45, 7) is 5.98. The summed E-state index contributed by atoms with van der Waals surface area (Å²) in [5.74, 6) is -0.634. The molecular formula is C42H50N2O9. The Morgan fingerprint density at radius 2 is 1.13 bits per heavy atom. The normalized spacial score (nSPS) is 20.6. The molecule has 0 spiro atoms. The second-order valence-corrected chi connectivity index (χ2v) is 13.8. The molecule has 3 N–H and O–H groups in total. The highest BCUT2D eigenvalue weighted by Crippen LogP contribution is 2.28. The maximum Gasteiger partial charge on any atom is 0.408 e. The summed E-state index contributed by atoms with van der Waals surface area (Å²) in [5.41, 5.74) is 2.87. The molecule has 0 aliphatic carbocycles. The lowest BCUT2D eigenvalue weighted by molar-refractivity contribution is -0.278. The number of amides is 2. The molecule has 0 bridgehead atoms. The van der Waals surface area contributed by atoms with Gasteiger partial charge < -0.3 is 44.2 Å². The highest BCUT2D eigenvalue weighted by Gasteiger charge is 2.48. The molecule has 1 aliphatic heterocycles. The minimum Gasteiger partial charge on any atom is -0.444 e. The summed E-state index contributed by atoms with van der Waals surface area (Å²) in [6.07, 6.45) is -4.79. The van der Waals surface area contributed by atoms with E-state index in [-0.39, 0.29) is 33.0 Å². The molecule has 11 nitrogen and oxygen atoms in total. The molecule has 0 unspecified atom stereocenters. The van der Waals surface area contributed by atoms with Crippen molar-refractivity contribution in [2.75, 3.05) is 13.2 Å². The van der Waals surface area contributed by atoms with Crippen molar-refractivity contribution in [2.45, 2.75) is 89.5 Å². The van der Waals surface area contributed by atoms with Gasteiger partial charge in [-0.3, -0.25) is 4.79 Å². The predicted molar refractivity (Wildman–Crippen MR) is 198 cm³/mol. The number of carbonyl (C=O) groups is 2. The van der Waals surface area contributed by atoms with E-state index in [0.717, 1.165) is 22.3 Å². The van der Waals surface area contributed by atoms with Crippen LogP contribution in [0.3, 0.4) is 0 Å². The van der Waals surface area contributed by atoms with E-state index in [1.807, 2.05) is 121 Å². The standard InChI is InChI=1S/C42H50N2O9/c1-42(2,3)53-41(47)43-34(28-48-24-30-16-8-4-9-17-30)39(45)44-36-38(51-27-33-22-14-7-15-23-33)37(50-26-32-20-12-6-13-21-32)35(52-40(36)46)29-49-25-31-18-10-5-11-19-31/h4-23,34-38,40,46H,24-29H2,1-3H3,(H,43,47)(H,44,45)/t34-,35+,36+,37+,38+,40+/m0/s1.